The Morgan fingerprint density at radius 1 is 1.24 bits per heavy atom. The Kier molecular flexibility index (Phi) is 3.83. The van der Waals surface area contributed by atoms with Crippen LogP contribution in [0.1, 0.15) is 12.5 Å². The first-order valence-electron chi connectivity index (χ1n) is 5.72. The van der Waals surface area contributed by atoms with Gasteiger partial charge in [-0.1, -0.05) is 19.1 Å². The third-order valence-corrected chi connectivity index (χ3v) is 2.55. The zero-order valence-corrected chi connectivity index (χ0v) is 9.78. The van der Waals surface area contributed by atoms with Crippen LogP contribution in [-0.4, -0.2) is 11.5 Å². The summed E-state index contributed by atoms with van der Waals surface area (Å²) in [7, 11) is 0. The van der Waals surface area contributed by atoms with Crippen LogP contribution in [0.3, 0.4) is 0 Å². The van der Waals surface area contributed by atoms with Crippen LogP contribution < -0.4 is 5.32 Å². The maximum absolute atomic E-state index is 13.9. The number of pyridine rings is 1. The summed E-state index contributed by atoms with van der Waals surface area (Å²) >= 11 is 0. The number of nitrogens with zero attached hydrogens (tertiary/aromatic N) is 1. The summed E-state index contributed by atoms with van der Waals surface area (Å²) in [6, 6.07) is 10.8. The van der Waals surface area contributed by atoms with E-state index in [-0.39, 0.29) is 5.82 Å². The van der Waals surface area contributed by atoms with Gasteiger partial charge in [-0.05, 0) is 36.4 Å². The molecular weight excluding hydrogens is 215 g/mol. The molecule has 0 spiro atoms. The topological polar surface area (TPSA) is 24.9 Å². The van der Waals surface area contributed by atoms with Crippen LogP contribution in [0.2, 0.25) is 0 Å². The van der Waals surface area contributed by atoms with Gasteiger partial charge in [-0.15, -0.1) is 0 Å². The molecule has 0 aliphatic heterocycles. The van der Waals surface area contributed by atoms with Crippen molar-refractivity contribution in [2.24, 2.45) is 0 Å². The lowest BCUT2D eigenvalue weighted by molar-refractivity contribution is 0.624. The number of hydrogen-bond acceptors (Lipinski definition) is 2. The fraction of sp³-hybridized carbons (Fsp3) is 0.214. The molecule has 0 fully saturated rings. The van der Waals surface area contributed by atoms with Crippen LogP contribution >= 0.6 is 0 Å². The first-order chi connectivity index (χ1) is 8.31. The Labute approximate surface area is 101 Å². The highest BCUT2D eigenvalue weighted by Gasteiger charge is 2.06. The van der Waals surface area contributed by atoms with Gasteiger partial charge < -0.3 is 5.32 Å². The molecular formula is C14H15FN2. The molecule has 2 rings (SSSR count). The van der Waals surface area contributed by atoms with Crippen LogP contribution in [0.15, 0.2) is 42.6 Å². The Hall–Kier alpha value is -1.74. The van der Waals surface area contributed by atoms with E-state index in [9.17, 15) is 4.39 Å². The molecule has 1 heterocycles. The van der Waals surface area contributed by atoms with Crippen molar-refractivity contribution in [3.63, 3.8) is 0 Å². The Morgan fingerprint density at radius 2 is 2.12 bits per heavy atom. The van der Waals surface area contributed by atoms with E-state index in [0.29, 0.717) is 17.8 Å². The second-order valence-electron chi connectivity index (χ2n) is 3.81. The molecule has 0 aliphatic carbocycles. The lowest BCUT2D eigenvalue weighted by Crippen LogP contribution is -2.11. The van der Waals surface area contributed by atoms with Gasteiger partial charge in [0.05, 0.1) is 5.69 Å². The monoisotopic (exact) mass is 230 g/mol. The molecule has 0 unspecified atom stereocenters. The normalized spacial score (nSPS) is 10.5. The molecule has 1 aromatic carbocycles. The highest BCUT2D eigenvalue weighted by atomic mass is 19.1. The lowest BCUT2D eigenvalue weighted by Gasteiger charge is -2.06. The molecule has 0 saturated carbocycles. The average Bonchev–Trinajstić information content (AvgIpc) is 2.37. The zero-order chi connectivity index (χ0) is 12.1. The molecule has 0 amide bonds. The van der Waals surface area contributed by atoms with Crippen LogP contribution in [-0.2, 0) is 6.54 Å². The minimum Gasteiger partial charge on any atom is -0.313 e. The van der Waals surface area contributed by atoms with Crippen LogP contribution in [0, 0.1) is 5.82 Å². The first-order valence-corrected chi connectivity index (χ1v) is 5.72. The molecule has 1 N–H and O–H groups in total. The highest BCUT2D eigenvalue weighted by molar-refractivity contribution is 5.60. The summed E-state index contributed by atoms with van der Waals surface area (Å²) in [5.74, 6) is -0.223. The van der Waals surface area contributed by atoms with E-state index in [1.807, 2.05) is 31.2 Å². The summed E-state index contributed by atoms with van der Waals surface area (Å²) < 4.78 is 13.9. The van der Waals surface area contributed by atoms with Crippen molar-refractivity contribution in [3.8, 4) is 11.3 Å². The third kappa shape index (κ3) is 2.88. The minimum absolute atomic E-state index is 0.223. The minimum atomic E-state index is -0.223. The largest absolute Gasteiger partial charge is 0.313 e. The molecule has 3 heteroatoms. The van der Waals surface area contributed by atoms with Gasteiger partial charge in [0.2, 0.25) is 0 Å². The summed E-state index contributed by atoms with van der Waals surface area (Å²) in [5, 5.41) is 3.17. The van der Waals surface area contributed by atoms with Gasteiger partial charge in [-0.25, -0.2) is 4.39 Å². The molecule has 0 radical (unpaired) electrons. The van der Waals surface area contributed by atoms with Crippen molar-refractivity contribution in [1.29, 1.82) is 0 Å². The van der Waals surface area contributed by atoms with Gasteiger partial charge in [0.1, 0.15) is 5.82 Å². The molecule has 17 heavy (non-hydrogen) atoms. The first kappa shape index (κ1) is 11.7. The molecule has 2 aromatic rings. The number of hydrogen-bond donors (Lipinski definition) is 1. The Morgan fingerprint density at radius 3 is 2.76 bits per heavy atom. The van der Waals surface area contributed by atoms with Crippen LogP contribution in [0.4, 0.5) is 4.39 Å². The SMILES string of the molecule is CCNCc1ccc(-c2ccccn2)c(F)c1. The number of rotatable bonds is 4. The van der Waals surface area contributed by atoms with Gasteiger partial charge in [-0.2, -0.15) is 0 Å². The highest BCUT2D eigenvalue weighted by Crippen LogP contribution is 2.21. The van der Waals surface area contributed by atoms with Gasteiger partial charge in [-0.3, -0.25) is 4.98 Å². The molecule has 0 saturated heterocycles. The predicted molar refractivity (Wildman–Crippen MR) is 67.0 cm³/mol. The number of nitrogens with one attached hydrogen (secondary N) is 1. The Bertz CT molecular complexity index is 483. The van der Waals surface area contributed by atoms with Crippen molar-refractivity contribution >= 4 is 0 Å². The number of aromatic nitrogens is 1. The van der Waals surface area contributed by atoms with E-state index in [4.69, 9.17) is 0 Å². The van der Waals surface area contributed by atoms with Crippen molar-refractivity contribution in [3.05, 3.63) is 54.0 Å². The summed E-state index contributed by atoms with van der Waals surface area (Å²) in [6.45, 7) is 3.60. The van der Waals surface area contributed by atoms with Crippen molar-refractivity contribution in [2.45, 2.75) is 13.5 Å². The standard InChI is InChI=1S/C14H15FN2/c1-2-16-10-11-6-7-12(13(15)9-11)14-5-3-4-8-17-14/h3-9,16H,2,10H2,1H3. The van der Waals surface area contributed by atoms with Crippen molar-refractivity contribution < 1.29 is 4.39 Å². The quantitative estimate of drug-likeness (QED) is 0.873. The maximum atomic E-state index is 13.9. The van der Waals surface area contributed by atoms with Crippen LogP contribution in [0.5, 0.6) is 0 Å². The number of halogens is 1. The smallest absolute Gasteiger partial charge is 0.132 e. The second-order valence-corrected chi connectivity index (χ2v) is 3.81. The average molecular weight is 230 g/mol. The van der Waals surface area contributed by atoms with E-state index in [2.05, 4.69) is 10.3 Å². The summed E-state index contributed by atoms with van der Waals surface area (Å²) in [4.78, 5) is 4.15. The van der Waals surface area contributed by atoms with Gasteiger partial charge in [0.25, 0.3) is 0 Å². The molecule has 2 nitrogen and oxygen atoms in total. The maximum Gasteiger partial charge on any atom is 0.132 e. The van der Waals surface area contributed by atoms with E-state index in [0.717, 1.165) is 12.1 Å². The molecule has 0 bridgehead atoms. The fourth-order valence-electron chi connectivity index (χ4n) is 1.67. The Balaban J connectivity index is 2.26. The van der Waals surface area contributed by atoms with Gasteiger partial charge in [0, 0.05) is 18.3 Å². The van der Waals surface area contributed by atoms with E-state index in [1.165, 1.54) is 0 Å². The molecule has 0 aliphatic rings. The van der Waals surface area contributed by atoms with Crippen molar-refractivity contribution in [1.82, 2.24) is 10.3 Å². The molecule has 88 valence electrons. The van der Waals surface area contributed by atoms with E-state index < -0.39 is 0 Å². The van der Waals surface area contributed by atoms with E-state index >= 15 is 0 Å². The van der Waals surface area contributed by atoms with Gasteiger partial charge >= 0.3 is 0 Å². The predicted octanol–water partition coefficient (Wildman–Crippen LogP) is 3.00. The summed E-state index contributed by atoms with van der Waals surface area (Å²) in [6.07, 6.45) is 1.67. The zero-order valence-electron chi connectivity index (χ0n) is 9.78. The lowest BCUT2D eigenvalue weighted by atomic mass is 10.1. The number of benzene rings is 1. The van der Waals surface area contributed by atoms with Crippen molar-refractivity contribution in [2.75, 3.05) is 6.54 Å². The van der Waals surface area contributed by atoms with Gasteiger partial charge in [0.15, 0.2) is 0 Å². The van der Waals surface area contributed by atoms with E-state index in [1.54, 1.807) is 18.3 Å². The molecule has 0 atom stereocenters. The molecule has 1 aromatic heterocycles. The van der Waals surface area contributed by atoms with Crippen LogP contribution in [0.25, 0.3) is 11.3 Å². The third-order valence-electron chi connectivity index (χ3n) is 2.55. The summed E-state index contributed by atoms with van der Waals surface area (Å²) in [5.41, 5.74) is 2.16. The second kappa shape index (κ2) is 5.55. The fourth-order valence-corrected chi connectivity index (χ4v) is 1.67.